The van der Waals surface area contributed by atoms with Gasteiger partial charge in [-0.3, -0.25) is 9.69 Å². The van der Waals surface area contributed by atoms with Gasteiger partial charge < -0.3 is 0 Å². The van der Waals surface area contributed by atoms with Crippen molar-refractivity contribution < 1.29 is 4.79 Å². The summed E-state index contributed by atoms with van der Waals surface area (Å²) in [6.45, 7) is 0. The summed E-state index contributed by atoms with van der Waals surface area (Å²) < 4.78 is 0.0636. The van der Waals surface area contributed by atoms with Crippen LogP contribution in [0.4, 0.5) is 5.69 Å². The Balaban J connectivity index is 1.71. The highest BCUT2D eigenvalue weighted by molar-refractivity contribution is 8.18. The van der Waals surface area contributed by atoms with Crippen molar-refractivity contribution in [1.29, 1.82) is 0 Å². The maximum Gasteiger partial charge on any atom is 0.246 e. The average molecular weight is 321 g/mol. The molecule has 1 saturated heterocycles. The number of halogens is 1. The number of anilines is 1. The van der Waals surface area contributed by atoms with Crippen molar-refractivity contribution in [3.05, 3.63) is 53.2 Å². The monoisotopic (exact) mass is 320 g/mol. The molecule has 2 aliphatic rings. The lowest BCUT2D eigenvalue weighted by molar-refractivity contribution is -0.117. The van der Waals surface area contributed by atoms with E-state index in [0.717, 1.165) is 16.3 Å². The van der Waals surface area contributed by atoms with E-state index in [9.17, 15) is 4.79 Å². The van der Waals surface area contributed by atoms with Gasteiger partial charge in [-0.25, -0.2) is 4.98 Å². The van der Waals surface area contributed by atoms with Crippen LogP contribution >= 0.6 is 35.1 Å². The number of hydrogen-bond donors (Lipinski definition) is 0. The molecule has 1 aromatic carbocycles. The van der Waals surface area contributed by atoms with E-state index in [1.54, 1.807) is 29.6 Å². The van der Waals surface area contributed by atoms with Crippen molar-refractivity contribution >= 4 is 46.7 Å². The molecule has 0 bridgehead atoms. The predicted octanol–water partition coefficient (Wildman–Crippen LogP) is 3.95. The smallest absolute Gasteiger partial charge is 0.246 e. The fourth-order valence-electron chi connectivity index (χ4n) is 2.40. The lowest BCUT2D eigenvalue weighted by Gasteiger charge is -2.14. The maximum atomic E-state index is 12.7. The Bertz CT molecular complexity index is 695. The number of nitrogens with zero attached hydrogens (tertiary/aromatic N) is 2. The van der Waals surface area contributed by atoms with Crippen LogP contribution < -0.4 is 4.90 Å². The summed E-state index contributed by atoms with van der Waals surface area (Å²) in [5, 5.41) is 1.18. The quantitative estimate of drug-likeness (QED) is 0.745. The molecule has 3 nitrogen and oxygen atoms in total. The molecule has 1 fully saturated rings. The molecule has 0 N–H and O–H groups in total. The largest absolute Gasteiger partial charge is 0.286 e. The van der Waals surface area contributed by atoms with Gasteiger partial charge in [0.1, 0.15) is 20.1 Å². The number of amides is 1. The molecule has 0 saturated carbocycles. The van der Waals surface area contributed by atoms with Gasteiger partial charge in [0.05, 0.1) is 5.69 Å². The summed E-state index contributed by atoms with van der Waals surface area (Å²) in [7, 11) is 0. The predicted molar refractivity (Wildman–Crippen MR) is 83.2 cm³/mol. The first-order valence-electron chi connectivity index (χ1n) is 6.11. The van der Waals surface area contributed by atoms with Crippen molar-refractivity contribution in [2.24, 2.45) is 0 Å². The van der Waals surface area contributed by atoms with E-state index in [1.807, 2.05) is 41.3 Å². The minimum Gasteiger partial charge on any atom is -0.286 e. The highest BCUT2D eigenvalue weighted by atomic mass is 35.5. The van der Waals surface area contributed by atoms with Crippen LogP contribution in [-0.4, -0.2) is 15.6 Å². The number of aromatic nitrogens is 1. The van der Waals surface area contributed by atoms with Gasteiger partial charge in [-0.15, -0.1) is 11.8 Å². The van der Waals surface area contributed by atoms with Crippen LogP contribution in [-0.2, 0) is 4.79 Å². The highest BCUT2D eigenvalue weighted by Gasteiger charge is 2.47. The van der Waals surface area contributed by atoms with Gasteiger partial charge in [-0.05, 0) is 17.7 Å². The lowest BCUT2D eigenvalue weighted by Crippen LogP contribution is -2.28. The van der Waals surface area contributed by atoms with Crippen molar-refractivity contribution in [2.45, 2.75) is 15.0 Å². The molecule has 100 valence electrons. The Morgan fingerprint density at radius 3 is 2.75 bits per heavy atom. The molecule has 3 heterocycles. The molecule has 2 unspecified atom stereocenters. The zero-order valence-electron chi connectivity index (χ0n) is 10.2. The van der Waals surface area contributed by atoms with Gasteiger partial charge in [0.15, 0.2) is 0 Å². The van der Waals surface area contributed by atoms with Gasteiger partial charge in [0.2, 0.25) is 5.91 Å². The Morgan fingerprint density at radius 1 is 1.15 bits per heavy atom. The van der Waals surface area contributed by atoms with Crippen LogP contribution in [0.25, 0.3) is 0 Å². The first-order valence-corrected chi connectivity index (χ1v) is 8.31. The molecule has 4 rings (SSSR count). The Hall–Kier alpha value is -1.17. The molecule has 0 spiro atoms. The van der Waals surface area contributed by atoms with Crippen LogP contribution in [0.15, 0.2) is 47.5 Å². The van der Waals surface area contributed by atoms with E-state index < -0.39 is 0 Å². The molecular weight excluding hydrogens is 312 g/mol. The van der Waals surface area contributed by atoms with Gasteiger partial charge in [-0.2, -0.15) is 0 Å². The second-order valence-corrected chi connectivity index (χ2v) is 7.46. The molecule has 2 atom stereocenters. The minimum atomic E-state index is -0.127. The summed E-state index contributed by atoms with van der Waals surface area (Å²) >= 11 is 9.16. The molecule has 0 radical (unpaired) electrons. The molecular formula is C14H9ClN2OS2. The van der Waals surface area contributed by atoms with E-state index >= 15 is 0 Å². The normalized spacial score (nSPS) is 23.9. The van der Waals surface area contributed by atoms with Crippen LogP contribution in [0.1, 0.15) is 10.8 Å². The van der Waals surface area contributed by atoms with Crippen molar-refractivity contribution in [3.63, 3.8) is 0 Å². The van der Waals surface area contributed by atoms with Gasteiger partial charge >= 0.3 is 0 Å². The van der Waals surface area contributed by atoms with E-state index in [4.69, 9.17) is 11.6 Å². The van der Waals surface area contributed by atoms with Crippen LogP contribution in [0.3, 0.4) is 0 Å². The maximum absolute atomic E-state index is 12.7. The number of hydrogen-bond acceptors (Lipinski definition) is 4. The van der Waals surface area contributed by atoms with E-state index in [2.05, 4.69) is 4.98 Å². The summed E-state index contributed by atoms with van der Waals surface area (Å²) in [5.41, 5.74) is 1.93. The topological polar surface area (TPSA) is 33.2 Å². The second-order valence-electron chi connectivity index (χ2n) is 4.52. The van der Waals surface area contributed by atoms with E-state index in [0.29, 0.717) is 5.15 Å². The number of thioether (sulfide) groups is 2. The lowest BCUT2D eigenvalue weighted by atomic mass is 10.1. The zero-order chi connectivity index (χ0) is 13.7. The van der Waals surface area contributed by atoms with Gasteiger partial charge in [0, 0.05) is 0 Å². The first kappa shape index (κ1) is 12.6. The van der Waals surface area contributed by atoms with Crippen LogP contribution in [0, 0.1) is 0 Å². The fraction of sp³-hybridized carbons (Fsp3) is 0.143. The molecule has 2 aliphatic heterocycles. The number of fused-ring (bicyclic) bond motifs is 3. The number of benzene rings is 1. The van der Waals surface area contributed by atoms with Crippen LogP contribution in [0.2, 0.25) is 5.15 Å². The fourth-order valence-corrected chi connectivity index (χ4v) is 5.50. The SMILES string of the molecule is O=C1C(c2ccccc2)SC2Sc3nc(Cl)ccc3N12. The highest BCUT2D eigenvalue weighted by Crippen LogP contribution is 2.56. The number of rotatable bonds is 1. The summed E-state index contributed by atoms with van der Waals surface area (Å²) in [6.07, 6.45) is 0. The Morgan fingerprint density at radius 2 is 1.95 bits per heavy atom. The first-order chi connectivity index (χ1) is 9.74. The number of carbonyl (C=O) groups is 1. The number of pyridine rings is 1. The molecule has 1 amide bonds. The standard InChI is InChI=1S/C14H9ClN2OS2/c15-10-7-6-9-12(16-10)20-14-17(9)13(18)11(19-14)8-4-2-1-3-5-8/h1-7,11,14H. The molecule has 2 aromatic rings. The average Bonchev–Trinajstić information content (AvgIpc) is 2.96. The molecule has 6 heteroatoms. The third-order valence-corrected chi connectivity index (χ3v) is 6.26. The Kier molecular flexibility index (Phi) is 2.94. The van der Waals surface area contributed by atoms with E-state index in [-0.39, 0.29) is 15.9 Å². The third kappa shape index (κ3) is 1.84. The molecule has 1 aromatic heterocycles. The zero-order valence-corrected chi connectivity index (χ0v) is 12.6. The second kappa shape index (κ2) is 4.69. The molecule has 0 aliphatic carbocycles. The van der Waals surface area contributed by atoms with Crippen molar-refractivity contribution in [2.75, 3.05) is 4.90 Å². The summed E-state index contributed by atoms with van der Waals surface area (Å²) in [6, 6.07) is 13.5. The Labute approximate surface area is 129 Å². The van der Waals surface area contributed by atoms with Gasteiger partial charge in [-0.1, -0.05) is 53.7 Å². The molecule has 20 heavy (non-hydrogen) atoms. The van der Waals surface area contributed by atoms with Crippen LogP contribution in [0.5, 0.6) is 0 Å². The summed E-state index contributed by atoms with van der Waals surface area (Å²) in [5.74, 6) is 0.126. The van der Waals surface area contributed by atoms with Crippen molar-refractivity contribution in [3.8, 4) is 0 Å². The third-order valence-electron chi connectivity index (χ3n) is 3.31. The van der Waals surface area contributed by atoms with Gasteiger partial charge in [0.25, 0.3) is 0 Å². The van der Waals surface area contributed by atoms with E-state index in [1.165, 1.54) is 0 Å². The summed E-state index contributed by atoms with van der Waals surface area (Å²) in [4.78, 5) is 18.8. The number of carbonyl (C=O) groups excluding carboxylic acids is 1. The minimum absolute atomic E-state index is 0.0636. The van der Waals surface area contributed by atoms with Crippen molar-refractivity contribution in [1.82, 2.24) is 4.98 Å².